The second kappa shape index (κ2) is 7.20. The van der Waals surface area contributed by atoms with Gasteiger partial charge in [-0.1, -0.05) is 23.9 Å². The minimum absolute atomic E-state index is 0.671. The van der Waals surface area contributed by atoms with Crippen LogP contribution >= 0.6 is 11.8 Å². The molecule has 0 aliphatic rings. The fourth-order valence-corrected chi connectivity index (χ4v) is 3.12. The van der Waals surface area contributed by atoms with Crippen molar-refractivity contribution in [1.82, 2.24) is 14.8 Å². The van der Waals surface area contributed by atoms with Crippen LogP contribution in [0.1, 0.15) is 11.1 Å². The molecular weight excluding hydrogens is 320 g/mol. The first kappa shape index (κ1) is 16.1. The SMILES string of the molecule is COc1ccc(-c2nnc(SCc3ccc(C#N)cc3)n2C)cc1. The van der Waals surface area contributed by atoms with Gasteiger partial charge in [0.05, 0.1) is 18.7 Å². The summed E-state index contributed by atoms with van der Waals surface area (Å²) < 4.78 is 7.16. The number of nitrogens with zero attached hydrogens (tertiary/aromatic N) is 4. The Morgan fingerprint density at radius 2 is 1.79 bits per heavy atom. The third-order valence-electron chi connectivity index (χ3n) is 3.63. The molecule has 0 unspecified atom stereocenters. The van der Waals surface area contributed by atoms with Crippen molar-refractivity contribution in [2.45, 2.75) is 10.9 Å². The summed E-state index contributed by atoms with van der Waals surface area (Å²) in [5, 5.41) is 18.2. The van der Waals surface area contributed by atoms with Crippen molar-refractivity contribution in [3.8, 4) is 23.2 Å². The smallest absolute Gasteiger partial charge is 0.191 e. The summed E-state index contributed by atoms with van der Waals surface area (Å²) in [6, 6.07) is 17.5. The standard InChI is InChI=1S/C18H16N4OS/c1-22-17(15-7-9-16(23-2)10-8-15)20-21-18(22)24-12-14-5-3-13(11-19)4-6-14/h3-10H,12H2,1-2H3. The summed E-state index contributed by atoms with van der Waals surface area (Å²) in [6.07, 6.45) is 0. The zero-order valence-corrected chi connectivity index (χ0v) is 14.2. The number of thioether (sulfide) groups is 1. The van der Waals surface area contributed by atoms with Crippen LogP contribution in [-0.4, -0.2) is 21.9 Å². The number of benzene rings is 2. The Bertz CT molecular complexity index is 864. The van der Waals surface area contributed by atoms with E-state index in [0.29, 0.717) is 5.56 Å². The van der Waals surface area contributed by atoms with E-state index < -0.39 is 0 Å². The van der Waals surface area contributed by atoms with Crippen molar-refractivity contribution in [2.75, 3.05) is 7.11 Å². The number of aromatic nitrogens is 3. The van der Waals surface area contributed by atoms with Crippen LogP contribution in [0.4, 0.5) is 0 Å². The molecule has 0 atom stereocenters. The summed E-state index contributed by atoms with van der Waals surface area (Å²) in [6.45, 7) is 0. The summed E-state index contributed by atoms with van der Waals surface area (Å²) in [4.78, 5) is 0. The second-order valence-electron chi connectivity index (χ2n) is 5.19. The maximum Gasteiger partial charge on any atom is 0.191 e. The molecule has 0 amide bonds. The highest BCUT2D eigenvalue weighted by Gasteiger charge is 2.11. The van der Waals surface area contributed by atoms with Gasteiger partial charge in [-0.2, -0.15) is 5.26 Å². The van der Waals surface area contributed by atoms with Crippen LogP contribution in [0, 0.1) is 11.3 Å². The average molecular weight is 336 g/mol. The van der Waals surface area contributed by atoms with Crippen LogP contribution in [0.3, 0.4) is 0 Å². The number of hydrogen-bond donors (Lipinski definition) is 0. The summed E-state index contributed by atoms with van der Waals surface area (Å²) in [7, 11) is 3.61. The molecule has 0 aliphatic heterocycles. The molecular formula is C18H16N4OS. The predicted molar refractivity (Wildman–Crippen MR) is 93.7 cm³/mol. The quantitative estimate of drug-likeness (QED) is 0.665. The van der Waals surface area contributed by atoms with E-state index in [9.17, 15) is 0 Å². The molecule has 2 aromatic carbocycles. The van der Waals surface area contributed by atoms with Gasteiger partial charge in [-0.15, -0.1) is 10.2 Å². The van der Waals surface area contributed by atoms with Crippen molar-refractivity contribution in [3.63, 3.8) is 0 Å². The van der Waals surface area contributed by atoms with Crippen LogP contribution in [0.5, 0.6) is 5.75 Å². The van der Waals surface area contributed by atoms with Gasteiger partial charge in [-0.3, -0.25) is 0 Å². The third-order valence-corrected chi connectivity index (χ3v) is 4.73. The minimum Gasteiger partial charge on any atom is -0.497 e. The monoisotopic (exact) mass is 336 g/mol. The normalized spacial score (nSPS) is 10.4. The second-order valence-corrected chi connectivity index (χ2v) is 6.13. The average Bonchev–Trinajstić information content (AvgIpc) is 3.01. The van der Waals surface area contributed by atoms with Gasteiger partial charge in [0.25, 0.3) is 0 Å². The van der Waals surface area contributed by atoms with Gasteiger partial charge in [-0.05, 0) is 42.0 Å². The Morgan fingerprint density at radius 1 is 1.08 bits per heavy atom. The van der Waals surface area contributed by atoms with Crippen LogP contribution in [-0.2, 0) is 12.8 Å². The molecule has 120 valence electrons. The van der Waals surface area contributed by atoms with Crippen molar-refractivity contribution < 1.29 is 4.74 Å². The first-order valence-electron chi connectivity index (χ1n) is 7.37. The largest absolute Gasteiger partial charge is 0.497 e. The lowest BCUT2D eigenvalue weighted by molar-refractivity contribution is 0.415. The van der Waals surface area contributed by atoms with E-state index in [-0.39, 0.29) is 0 Å². The van der Waals surface area contributed by atoms with Gasteiger partial charge in [0.2, 0.25) is 0 Å². The zero-order valence-electron chi connectivity index (χ0n) is 13.4. The van der Waals surface area contributed by atoms with E-state index in [4.69, 9.17) is 10.00 Å². The van der Waals surface area contributed by atoms with Crippen LogP contribution in [0.15, 0.2) is 53.7 Å². The van der Waals surface area contributed by atoms with E-state index in [1.165, 1.54) is 0 Å². The molecule has 0 saturated heterocycles. The molecule has 3 rings (SSSR count). The molecule has 6 heteroatoms. The van der Waals surface area contributed by atoms with Gasteiger partial charge in [0, 0.05) is 18.4 Å². The topological polar surface area (TPSA) is 63.7 Å². The van der Waals surface area contributed by atoms with Crippen LogP contribution in [0.25, 0.3) is 11.4 Å². The minimum atomic E-state index is 0.671. The Balaban J connectivity index is 1.73. The first-order chi connectivity index (χ1) is 11.7. The molecule has 5 nitrogen and oxygen atoms in total. The van der Waals surface area contributed by atoms with Crippen molar-refractivity contribution >= 4 is 11.8 Å². The molecule has 24 heavy (non-hydrogen) atoms. The number of methoxy groups -OCH3 is 1. The molecule has 0 fully saturated rings. The van der Waals surface area contributed by atoms with E-state index in [2.05, 4.69) is 16.3 Å². The summed E-state index contributed by atoms with van der Waals surface area (Å²) >= 11 is 1.62. The lowest BCUT2D eigenvalue weighted by Gasteiger charge is -2.05. The van der Waals surface area contributed by atoms with Crippen molar-refractivity contribution in [3.05, 3.63) is 59.7 Å². The van der Waals surface area contributed by atoms with Crippen LogP contribution < -0.4 is 4.74 Å². The molecule has 0 radical (unpaired) electrons. The molecule has 0 bridgehead atoms. The van der Waals surface area contributed by atoms with Crippen LogP contribution in [0.2, 0.25) is 0 Å². The third kappa shape index (κ3) is 3.42. The fourth-order valence-electron chi connectivity index (χ4n) is 2.26. The molecule has 0 saturated carbocycles. The molecule has 1 heterocycles. The lowest BCUT2D eigenvalue weighted by Crippen LogP contribution is -1.95. The predicted octanol–water partition coefficient (Wildman–Crippen LogP) is 3.65. The van der Waals surface area contributed by atoms with E-state index in [0.717, 1.165) is 33.6 Å². The Hall–Kier alpha value is -2.78. The fraction of sp³-hybridized carbons (Fsp3) is 0.167. The van der Waals surface area contributed by atoms with Crippen molar-refractivity contribution in [1.29, 1.82) is 5.26 Å². The maximum absolute atomic E-state index is 8.83. The Kier molecular flexibility index (Phi) is 4.82. The zero-order chi connectivity index (χ0) is 16.9. The maximum atomic E-state index is 8.83. The Labute approximate surface area is 144 Å². The van der Waals surface area contributed by atoms with Crippen molar-refractivity contribution in [2.24, 2.45) is 7.05 Å². The van der Waals surface area contributed by atoms with E-state index in [1.54, 1.807) is 18.9 Å². The van der Waals surface area contributed by atoms with Gasteiger partial charge < -0.3 is 9.30 Å². The van der Waals surface area contributed by atoms with Gasteiger partial charge >= 0.3 is 0 Å². The number of nitriles is 1. The molecule has 0 spiro atoms. The summed E-state index contributed by atoms with van der Waals surface area (Å²) in [5.41, 5.74) is 2.81. The molecule has 3 aromatic rings. The van der Waals surface area contributed by atoms with E-state index >= 15 is 0 Å². The number of hydrogen-bond acceptors (Lipinski definition) is 5. The molecule has 0 N–H and O–H groups in total. The number of ether oxygens (including phenoxy) is 1. The highest BCUT2D eigenvalue weighted by Crippen LogP contribution is 2.26. The van der Waals surface area contributed by atoms with Gasteiger partial charge in [0.1, 0.15) is 5.75 Å². The lowest BCUT2D eigenvalue weighted by atomic mass is 10.2. The highest BCUT2D eigenvalue weighted by molar-refractivity contribution is 7.98. The molecule has 1 aromatic heterocycles. The van der Waals surface area contributed by atoms with Gasteiger partial charge in [-0.25, -0.2) is 0 Å². The molecule has 0 aliphatic carbocycles. The number of rotatable bonds is 5. The first-order valence-corrected chi connectivity index (χ1v) is 8.35. The Morgan fingerprint density at radius 3 is 2.42 bits per heavy atom. The van der Waals surface area contributed by atoms with Gasteiger partial charge in [0.15, 0.2) is 11.0 Å². The summed E-state index contributed by atoms with van der Waals surface area (Å²) in [5.74, 6) is 2.41. The highest BCUT2D eigenvalue weighted by atomic mass is 32.2. The van der Waals surface area contributed by atoms with E-state index in [1.807, 2.05) is 60.1 Å².